The van der Waals surface area contributed by atoms with Crippen molar-refractivity contribution in [3.8, 4) is 0 Å². The Morgan fingerprint density at radius 3 is 1.33 bits per heavy atom. The van der Waals surface area contributed by atoms with Crippen LogP contribution in [0, 0.1) is 0 Å². The Bertz CT molecular complexity index is 1480. The number of amides is 2. The number of benzene rings is 4. The van der Waals surface area contributed by atoms with Gasteiger partial charge in [0.1, 0.15) is 13.2 Å². The van der Waals surface area contributed by atoms with Crippen molar-refractivity contribution < 1.29 is 23.9 Å². The third kappa shape index (κ3) is 5.91. The number of Topliss-reactive ketones (excluding diaryl/α,β-unsaturated/α-hetero) is 1. The lowest BCUT2D eigenvalue weighted by Gasteiger charge is -2.23. The summed E-state index contributed by atoms with van der Waals surface area (Å²) in [6.45, 7) is 0.353. The minimum Gasteiger partial charge on any atom is -0.444 e. The van der Waals surface area contributed by atoms with Crippen molar-refractivity contribution in [3.05, 3.63) is 131 Å². The number of hydrogen-bond donors (Lipinski definition) is 2. The highest BCUT2D eigenvalue weighted by Gasteiger charge is 2.63. The summed E-state index contributed by atoms with van der Waals surface area (Å²) >= 11 is 0. The van der Waals surface area contributed by atoms with Crippen LogP contribution in [0.15, 0.2) is 109 Å². The quantitative estimate of drug-likeness (QED) is 0.209. The van der Waals surface area contributed by atoms with Crippen molar-refractivity contribution in [2.24, 2.45) is 0 Å². The summed E-state index contributed by atoms with van der Waals surface area (Å²) in [5, 5.41) is 5.60. The van der Waals surface area contributed by atoms with E-state index in [2.05, 4.69) is 10.6 Å². The van der Waals surface area contributed by atoms with Gasteiger partial charge in [-0.2, -0.15) is 0 Å². The topological polar surface area (TPSA) is 93.7 Å². The van der Waals surface area contributed by atoms with E-state index in [0.29, 0.717) is 11.4 Å². The molecule has 0 spiro atoms. The molecular weight excluding hydrogens is 528 g/mol. The average Bonchev–Trinajstić information content (AvgIpc) is 3.96. The maximum absolute atomic E-state index is 14.2. The largest absolute Gasteiger partial charge is 0.444 e. The molecule has 0 radical (unpaired) electrons. The molecule has 2 aliphatic rings. The first-order valence-corrected chi connectivity index (χ1v) is 14.2. The summed E-state index contributed by atoms with van der Waals surface area (Å²) in [5.41, 5.74) is 3.63. The fourth-order valence-electron chi connectivity index (χ4n) is 5.55. The van der Waals surface area contributed by atoms with Gasteiger partial charge in [0.2, 0.25) is 0 Å². The highest BCUT2D eigenvalue weighted by molar-refractivity contribution is 6.04. The van der Waals surface area contributed by atoms with Crippen LogP contribution in [0.2, 0.25) is 0 Å². The maximum Gasteiger partial charge on any atom is 0.411 e. The minimum absolute atomic E-state index is 0.177. The van der Waals surface area contributed by atoms with Crippen molar-refractivity contribution in [2.45, 2.75) is 49.7 Å². The molecule has 7 heteroatoms. The average molecular weight is 561 g/mol. The molecule has 42 heavy (non-hydrogen) atoms. The van der Waals surface area contributed by atoms with Crippen molar-refractivity contribution in [2.75, 3.05) is 10.6 Å². The first-order chi connectivity index (χ1) is 20.5. The van der Waals surface area contributed by atoms with Crippen molar-refractivity contribution >= 4 is 29.3 Å². The Morgan fingerprint density at radius 1 is 0.548 bits per heavy atom. The van der Waals surface area contributed by atoms with Crippen molar-refractivity contribution in [1.29, 1.82) is 0 Å². The van der Waals surface area contributed by atoms with Crippen LogP contribution in [0.4, 0.5) is 21.0 Å². The zero-order valence-electron chi connectivity index (χ0n) is 23.2. The van der Waals surface area contributed by atoms with E-state index in [-0.39, 0.29) is 19.0 Å². The maximum atomic E-state index is 14.2. The number of hydrogen-bond acceptors (Lipinski definition) is 5. The van der Waals surface area contributed by atoms with Crippen LogP contribution in [0.25, 0.3) is 0 Å². The molecule has 0 bridgehead atoms. The standard InChI is InChI=1S/C35H32N2O5/c38-31(34(17-18-34)27-13-7-15-29(21-27)36-32(39)41-23-25-9-3-1-4-10-25)35(19-20-35)28-14-8-16-30(22-28)37-33(40)42-24-26-11-5-2-6-12-26/h1-16,21-22H,17-20,23-24H2,(H,36,39)(H,37,40). The predicted octanol–water partition coefficient (Wildman–Crippen LogP) is 7.52. The second-order valence-electron chi connectivity index (χ2n) is 11.0. The molecular formula is C35H32N2O5. The van der Waals surface area contributed by atoms with Gasteiger partial charge in [0.15, 0.2) is 5.78 Å². The van der Waals surface area contributed by atoms with Gasteiger partial charge < -0.3 is 9.47 Å². The highest BCUT2D eigenvalue weighted by atomic mass is 16.6. The summed E-state index contributed by atoms with van der Waals surface area (Å²) in [7, 11) is 0. The Kier molecular flexibility index (Phi) is 7.48. The van der Waals surface area contributed by atoms with Crippen LogP contribution >= 0.6 is 0 Å². The Labute approximate surface area is 244 Å². The Hall–Kier alpha value is -4.91. The van der Waals surface area contributed by atoms with E-state index in [1.807, 2.05) is 97.1 Å². The number of carbonyl (C=O) groups excluding carboxylic acids is 3. The van der Waals surface area contributed by atoms with E-state index in [1.165, 1.54) is 0 Å². The molecule has 0 aliphatic heterocycles. The molecule has 4 aromatic rings. The molecule has 4 aromatic carbocycles. The van der Waals surface area contributed by atoms with E-state index in [4.69, 9.17) is 9.47 Å². The van der Waals surface area contributed by atoms with Gasteiger partial charge in [-0.1, -0.05) is 84.9 Å². The lowest BCUT2D eigenvalue weighted by molar-refractivity contribution is -0.124. The van der Waals surface area contributed by atoms with Gasteiger partial charge in [-0.15, -0.1) is 0 Å². The van der Waals surface area contributed by atoms with Gasteiger partial charge in [-0.3, -0.25) is 15.4 Å². The monoisotopic (exact) mass is 560 g/mol. The van der Waals surface area contributed by atoms with Crippen LogP contribution in [-0.4, -0.2) is 18.0 Å². The van der Waals surface area contributed by atoms with Crippen LogP contribution < -0.4 is 10.6 Å². The Balaban J connectivity index is 1.11. The summed E-state index contributed by atoms with van der Waals surface area (Å²) in [6.07, 6.45) is 1.96. The first-order valence-electron chi connectivity index (χ1n) is 14.2. The van der Waals surface area contributed by atoms with Gasteiger partial charge in [0.25, 0.3) is 0 Å². The van der Waals surface area contributed by atoms with Crippen LogP contribution in [0.3, 0.4) is 0 Å². The molecule has 2 fully saturated rings. The van der Waals surface area contributed by atoms with Gasteiger partial charge in [-0.25, -0.2) is 9.59 Å². The first kappa shape index (κ1) is 27.3. The van der Waals surface area contributed by atoms with Crippen LogP contribution in [-0.2, 0) is 38.3 Å². The summed E-state index contributed by atoms with van der Waals surface area (Å²) < 4.78 is 10.7. The van der Waals surface area contributed by atoms with E-state index < -0.39 is 23.0 Å². The SMILES string of the molecule is O=C(Nc1cccc(C2(C(=O)C3(c4cccc(NC(=O)OCc5ccccc5)c4)CC3)CC2)c1)OCc1ccccc1. The second kappa shape index (κ2) is 11.5. The third-order valence-electron chi connectivity index (χ3n) is 8.12. The minimum atomic E-state index is -0.583. The van der Waals surface area contributed by atoms with Crippen molar-refractivity contribution in [1.82, 2.24) is 0 Å². The van der Waals surface area contributed by atoms with Gasteiger partial charge in [-0.05, 0) is 72.2 Å². The van der Waals surface area contributed by atoms with E-state index in [1.54, 1.807) is 12.1 Å². The zero-order chi connectivity index (χ0) is 29.0. The molecule has 2 saturated carbocycles. The molecule has 0 atom stereocenters. The van der Waals surface area contributed by atoms with E-state index in [9.17, 15) is 14.4 Å². The zero-order valence-corrected chi connectivity index (χ0v) is 23.2. The molecule has 212 valence electrons. The van der Waals surface area contributed by atoms with E-state index >= 15 is 0 Å². The number of ketones is 1. The van der Waals surface area contributed by atoms with Crippen LogP contribution in [0.1, 0.15) is 47.9 Å². The van der Waals surface area contributed by atoms with E-state index in [0.717, 1.165) is 47.9 Å². The fraction of sp³-hybridized carbons (Fsp3) is 0.229. The molecule has 0 heterocycles. The number of rotatable bonds is 10. The normalized spacial score (nSPS) is 15.6. The highest BCUT2D eigenvalue weighted by Crippen LogP contribution is 2.60. The molecule has 2 aliphatic carbocycles. The molecule has 6 rings (SSSR count). The summed E-state index contributed by atoms with van der Waals surface area (Å²) in [4.78, 5) is 39.0. The number of nitrogens with one attached hydrogen (secondary N) is 2. The summed E-state index contributed by atoms with van der Waals surface area (Å²) in [5.74, 6) is 0.197. The molecule has 7 nitrogen and oxygen atoms in total. The third-order valence-corrected chi connectivity index (χ3v) is 8.12. The lowest BCUT2D eigenvalue weighted by atomic mass is 9.78. The Morgan fingerprint density at radius 2 is 0.952 bits per heavy atom. The van der Waals surface area contributed by atoms with Gasteiger partial charge in [0.05, 0.1) is 10.8 Å². The number of ether oxygens (including phenoxy) is 2. The number of anilines is 2. The molecule has 2 amide bonds. The smallest absolute Gasteiger partial charge is 0.411 e. The van der Waals surface area contributed by atoms with Crippen LogP contribution in [0.5, 0.6) is 0 Å². The lowest BCUT2D eigenvalue weighted by Crippen LogP contribution is -2.32. The summed E-state index contributed by atoms with van der Waals surface area (Å²) in [6, 6.07) is 34.0. The molecule has 0 unspecified atom stereocenters. The number of carbonyl (C=O) groups is 3. The molecule has 0 aromatic heterocycles. The molecule has 2 N–H and O–H groups in total. The second-order valence-corrected chi connectivity index (χ2v) is 11.0. The molecule has 0 saturated heterocycles. The predicted molar refractivity (Wildman–Crippen MR) is 160 cm³/mol. The van der Waals surface area contributed by atoms with Crippen molar-refractivity contribution in [3.63, 3.8) is 0 Å². The fourth-order valence-corrected chi connectivity index (χ4v) is 5.55. The van der Waals surface area contributed by atoms with Gasteiger partial charge >= 0.3 is 12.2 Å². The van der Waals surface area contributed by atoms with Gasteiger partial charge in [0, 0.05) is 11.4 Å².